The summed E-state index contributed by atoms with van der Waals surface area (Å²) in [5.41, 5.74) is 2.21. The topological polar surface area (TPSA) is 41.8 Å². The monoisotopic (exact) mass is 309 g/mol. The van der Waals surface area contributed by atoms with Gasteiger partial charge in [-0.3, -0.25) is 0 Å². The molecule has 0 radical (unpaired) electrons. The lowest BCUT2D eigenvalue weighted by atomic mass is 10.1. The number of oxime groups is 1. The Hall–Kier alpha value is -1.71. The molecule has 0 unspecified atom stereocenters. The molecule has 20 heavy (non-hydrogen) atoms. The average Bonchev–Trinajstić information content (AvgIpc) is 2.48. The van der Waals surface area contributed by atoms with Crippen LogP contribution in [0.25, 0.3) is 0 Å². The Morgan fingerprint density at radius 1 is 1.15 bits per heavy atom. The first-order chi connectivity index (χ1) is 9.60. The van der Waals surface area contributed by atoms with Crippen LogP contribution in [0.5, 0.6) is 5.75 Å². The Labute approximate surface area is 127 Å². The van der Waals surface area contributed by atoms with Gasteiger partial charge in [0.1, 0.15) is 12.4 Å². The summed E-state index contributed by atoms with van der Waals surface area (Å²) in [6, 6.07) is 12.5. The Bertz CT molecular complexity index is 624. The molecule has 0 atom stereocenters. The molecule has 0 aliphatic heterocycles. The molecule has 0 bridgehead atoms. The molecule has 3 nitrogen and oxygen atoms in total. The largest absolute Gasteiger partial charge is 0.489 e. The molecule has 0 amide bonds. The van der Waals surface area contributed by atoms with Crippen LogP contribution in [-0.4, -0.2) is 10.9 Å². The first kappa shape index (κ1) is 14.7. The predicted molar refractivity (Wildman–Crippen MR) is 81.2 cm³/mol. The van der Waals surface area contributed by atoms with Crippen molar-refractivity contribution in [3.63, 3.8) is 0 Å². The van der Waals surface area contributed by atoms with Gasteiger partial charge in [-0.2, -0.15) is 0 Å². The van der Waals surface area contributed by atoms with Gasteiger partial charge in [0.2, 0.25) is 0 Å². The van der Waals surface area contributed by atoms with Crippen molar-refractivity contribution in [1.29, 1.82) is 0 Å². The molecule has 104 valence electrons. The van der Waals surface area contributed by atoms with Crippen molar-refractivity contribution in [3.8, 4) is 5.75 Å². The zero-order valence-corrected chi connectivity index (χ0v) is 12.3. The van der Waals surface area contributed by atoms with Gasteiger partial charge in [-0.1, -0.05) is 28.4 Å². The number of benzene rings is 2. The number of rotatable bonds is 4. The van der Waals surface area contributed by atoms with Gasteiger partial charge < -0.3 is 9.94 Å². The Morgan fingerprint density at radius 3 is 2.50 bits per heavy atom. The Morgan fingerprint density at radius 2 is 1.85 bits per heavy atom. The van der Waals surface area contributed by atoms with Crippen molar-refractivity contribution >= 4 is 28.9 Å². The van der Waals surface area contributed by atoms with Gasteiger partial charge in [0.15, 0.2) is 0 Å². The van der Waals surface area contributed by atoms with E-state index in [0.29, 0.717) is 28.1 Å². The maximum atomic E-state index is 8.70. The predicted octanol–water partition coefficient (Wildman–Crippen LogP) is 4.77. The first-order valence-corrected chi connectivity index (χ1v) is 6.71. The molecule has 0 saturated carbocycles. The molecular formula is C15H13Cl2NO2. The third-order valence-electron chi connectivity index (χ3n) is 2.82. The smallest absolute Gasteiger partial charge is 0.119 e. The molecule has 2 rings (SSSR count). The van der Waals surface area contributed by atoms with Crippen molar-refractivity contribution in [1.82, 2.24) is 0 Å². The van der Waals surface area contributed by atoms with Crippen LogP contribution in [0.2, 0.25) is 10.0 Å². The van der Waals surface area contributed by atoms with Crippen molar-refractivity contribution in [2.24, 2.45) is 5.16 Å². The van der Waals surface area contributed by atoms with E-state index < -0.39 is 0 Å². The zero-order valence-electron chi connectivity index (χ0n) is 10.8. The number of nitrogens with zero attached hydrogens (tertiary/aromatic N) is 1. The number of ether oxygens (including phenoxy) is 1. The second-order valence-corrected chi connectivity index (χ2v) is 5.08. The molecule has 0 saturated heterocycles. The molecule has 5 heteroatoms. The van der Waals surface area contributed by atoms with E-state index in [1.165, 1.54) is 0 Å². The summed E-state index contributed by atoms with van der Waals surface area (Å²) in [5.74, 6) is 0.704. The second kappa shape index (κ2) is 6.64. The molecule has 0 aromatic heterocycles. The summed E-state index contributed by atoms with van der Waals surface area (Å²) >= 11 is 12.0. The van der Waals surface area contributed by atoms with Crippen LogP contribution in [0, 0.1) is 0 Å². The van der Waals surface area contributed by atoms with Crippen LogP contribution in [0.4, 0.5) is 0 Å². The third-order valence-corrected chi connectivity index (χ3v) is 3.43. The normalized spacial score (nSPS) is 11.4. The number of halogens is 2. The lowest BCUT2D eigenvalue weighted by Crippen LogP contribution is -1.98. The van der Waals surface area contributed by atoms with Gasteiger partial charge in [-0.05, 0) is 55.0 Å². The van der Waals surface area contributed by atoms with E-state index in [2.05, 4.69) is 5.16 Å². The van der Waals surface area contributed by atoms with Crippen molar-refractivity contribution in [2.75, 3.05) is 0 Å². The second-order valence-electron chi connectivity index (χ2n) is 4.23. The van der Waals surface area contributed by atoms with Crippen LogP contribution >= 0.6 is 23.2 Å². The summed E-state index contributed by atoms with van der Waals surface area (Å²) in [7, 11) is 0. The molecular weight excluding hydrogens is 297 g/mol. The maximum Gasteiger partial charge on any atom is 0.119 e. The van der Waals surface area contributed by atoms with E-state index >= 15 is 0 Å². The number of hydrogen-bond donors (Lipinski definition) is 1. The maximum absolute atomic E-state index is 8.70. The van der Waals surface area contributed by atoms with Gasteiger partial charge >= 0.3 is 0 Å². The highest BCUT2D eigenvalue weighted by Gasteiger charge is 2.03. The SMILES string of the molecule is CC(=NO)c1ccc(OCc2cc(Cl)ccc2Cl)cc1. The van der Waals surface area contributed by atoms with E-state index in [-0.39, 0.29) is 0 Å². The fraction of sp³-hybridized carbons (Fsp3) is 0.133. The zero-order chi connectivity index (χ0) is 14.5. The van der Waals surface area contributed by atoms with Crippen molar-refractivity contribution in [3.05, 3.63) is 63.6 Å². The van der Waals surface area contributed by atoms with Crippen LogP contribution < -0.4 is 4.74 Å². The molecule has 2 aromatic carbocycles. The van der Waals surface area contributed by atoms with Gasteiger partial charge in [0.05, 0.1) is 5.71 Å². The molecule has 0 fully saturated rings. The van der Waals surface area contributed by atoms with Gasteiger partial charge in [-0.25, -0.2) is 0 Å². The van der Waals surface area contributed by atoms with Crippen molar-refractivity contribution < 1.29 is 9.94 Å². The average molecular weight is 310 g/mol. The molecule has 1 N–H and O–H groups in total. The summed E-state index contributed by atoms with van der Waals surface area (Å²) in [6.45, 7) is 2.06. The molecule has 0 spiro atoms. The lowest BCUT2D eigenvalue weighted by molar-refractivity contribution is 0.306. The highest BCUT2D eigenvalue weighted by atomic mass is 35.5. The van der Waals surface area contributed by atoms with E-state index in [1.54, 1.807) is 25.1 Å². The van der Waals surface area contributed by atoms with Crippen molar-refractivity contribution in [2.45, 2.75) is 13.5 Å². The van der Waals surface area contributed by atoms with E-state index in [4.69, 9.17) is 33.1 Å². The van der Waals surface area contributed by atoms with Crippen LogP contribution in [0.1, 0.15) is 18.1 Å². The molecule has 0 aliphatic carbocycles. The summed E-state index contributed by atoms with van der Waals surface area (Å²) in [4.78, 5) is 0. The highest BCUT2D eigenvalue weighted by Crippen LogP contribution is 2.22. The number of hydrogen-bond acceptors (Lipinski definition) is 3. The third kappa shape index (κ3) is 3.65. The highest BCUT2D eigenvalue weighted by molar-refractivity contribution is 6.33. The first-order valence-electron chi connectivity index (χ1n) is 5.96. The standard InChI is InChI=1S/C15H13Cl2NO2/c1-10(18-19)11-2-5-14(6-3-11)20-9-12-8-13(16)4-7-15(12)17/h2-8,19H,9H2,1H3. The van der Waals surface area contributed by atoms with Gasteiger partial charge in [0, 0.05) is 15.6 Å². The van der Waals surface area contributed by atoms with E-state index in [9.17, 15) is 0 Å². The minimum absolute atomic E-state index is 0.339. The minimum atomic E-state index is 0.339. The van der Waals surface area contributed by atoms with Crippen LogP contribution in [0.15, 0.2) is 47.6 Å². The molecule has 0 aliphatic rings. The quantitative estimate of drug-likeness (QED) is 0.502. The van der Waals surface area contributed by atoms with E-state index in [1.807, 2.05) is 24.3 Å². The Balaban J connectivity index is 2.06. The lowest BCUT2D eigenvalue weighted by Gasteiger charge is -2.09. The molecule has 2 aromatic rings. The summed E-state index contributed by atoms with van der Waals surface area (Å²) < 4.78 is 5.65. The van der Waals surface area contributed by atoms with Gasteiger partial charge in [-0.15, -0.1) is 0 Å². The summed E-state index contributed by atoms with van der Waals surface area (Å²) in [6.07, 6.45) is 0. The van der Waals surface area contributed by atoms with Crippen LogP contribution in [-0.2, 0) is 6.61 Å². The van der Waals surface area contributed by atoms with Crippen LogP contribution in [0.3, 0.4) is 0 Å². The fourth-order valence-electron chi connectivity index (χ4n) is 1.67. The molecule has 0 heterocycles. The minimum Gasteiger partial charge on any atom is -0.489 e. The van der Waals surface area contributed by atoms with E-state index in [0.717, 1.165) is 11.1 Å². The van der Waals surface area contributed by atoms with Gasteiger partial charge in [0.25, 0.3) is 0 Å². The Kier molecular flexibility index (Phi) is 4.88. The fourth-order valence-corrected chi connectivity index (χ4v) is 2.03. The summed E-state index contributed by atoms with van der Waals surface area (Å²) in [5, 5.41) is 13.1.